The molecule has 1 aromatic rings. The monoisotopic (exact) mass is 345 g/mol. The summed E-state index contributed by atoms with van der Waals surface area (Å²) >= 11 is 11.7. The number of hydrogen-bond acceptors (Lipinski definition) is 4. The van der Waals surface area contributed by atoms with Crippen LogP contribution >= 0.6 is 23.2 Å². The molecule has 0 fully saturated rings. The molecule has 0 aliphatic rings. The Morgan fingerprint density at radius 1 is 1.23 bits per heavy atom. The first-order valence-corrected chi connectivity index (χ1v) is 7.21. The second-order valence-corrected chi connectivity index (χ2v) is 5.15. The molecule has 0 bridgehead atoms. The molecule has 0 saturated heterocycles. The van der Waals surface area contributed by atoms with Crippen molar-refractivity contribution in [3.05, 3.63) is 39.9 Å². The number of carbonyl (C=O) groups excluding carboxylic acids is 2. The van der Waals surface area contributed by atoms with Gasteiger partial charge in [0.2, 0.25) is 5.91 Å². The molecular weight excluding hydrogens is 329 g/mol. The third-order valence-corrected chi connectivity index (χ3v) is 3.53. The molecule has 0 heterocycles. The molecule has 0 aromatic heterocycles. The molecule has 120 valence electrons. The molecule has 0 atom stereocenters. The van der Waals surface area contributed by atoms with Crippen LogP contribution < -0.4 is 0 Å². The molecule has 1 amide bonds. The molecular formula is C15H17Cl2NO4. The third kappa shape index (κ3) is 6.05. The Kier molecular flexibility index (Phi) is 7.95. The minimum Gasteiger partial charge on any atom is -0.468 e. The lowest BCUT2D eigenvalue weighted by molar-refractivity contribution is -0.145. The second-order valence-electron chi connectivity index (χ2n) is 4.34. The van der Waals surface area contributed by atoms with Gasteiger partial charge in [-0.05, 0) is 23.8 Å². The zero-order valence-electron chi connectivity index (χ0n) is 12.3. The van der Waals surface area contributed by atoms with Gasteiger partial charge in [0.05, 0.1) is 23.8 Å². The van der Waals surface area contributed by atoms with Gasteiger partial charge < -0.3 is 14.4 Å². The molecule has 5 nitrogen and oxygen atoms in total. The van der Waals surface area contributed by atoms with Gasteiger partial charge in [-0.15, -0.1) is 0 Å². The van der Waals surface area contributed by atoms with E-state index in [0.717, 1.165) is 5.56 Å². The van der Waals surface area contributed by atoms with Crippen molar-refractivity contribution in [3.8, 4) is 0 Å². The summed E-state index contributed by atoms with van der Waals surface area (Å²) < 4.78 is 9.50. The molecule has 1 aromatic carbocycles. The van der Waals surface area contributed by atoms with Crippen LogP contribution in [0.2, 0.25) is 10.0 Å². The fourth-order valence-electron chi connectivity index (χ4n) is 1.58. The van der Waals surface area contributed by atoms with Crippen LogP contribution in [-0.4, -0.2) is 50.7 Å². The van der Waals surface area contributed by atoms with Crippen LogP contribution in [0.1, 0.15) is 5.56 Å². The first-order valence-electron chi connectivity index (χ1n) is 6.45. The summed E-state index contributed by atoms with van der Waals surface area (Å²) in [6.45, 7) is 0.476. The molecule has 22 heavy (non-hydrogen) atoms. The normalized spacial score (nSPS) is 10.7. The summed E-state index contributed by atoms with van der Waals surface area (Å²) in [5.74, 6) is -0.819. The molecule has 0 spiro atoms. The predicted octanol–water partition coefficient (Wildman–Crippen LogP) is 2.65. The minimum atomic E-state index is -0.493. The van der Waals surface area contributed by atoms with Crippen LogP contribution in [0.5, 0.6) is 0 Å². The highest BCUT2D eigenvalue weighted by Crippen LogP contribution is 2.23. The molecule has 0 radical (unpaired) electrons. The van der Waals surface area contributed by atoms with E-state index >= 15 is 0 Å². The van der Waals surface area contributed by atoms with Crippen molar-refractivity contribution < 1.29 is 19.1 Å². The molecule has 0 unspecified atom stereocenters. The summed E-state index contributed by atoms with van der Waals surface area (Å²) in [6.07, 6.45) is 2.96. The van der Waals surface area contributed by atoms with Gasteiger partial charge in [-0.1, -0.05) is 29.3 Å². The van der Waals surface area contributed by atoms with E-state index in [0.29, 0.717) is 16.7 Å². The van der Waals surface area contributed by atoms with Gasteiger partial charge in [0.1, 0.15) is 6.54 Å². The van der Waals surface area contributed by atoms with Crippen LogP contribution in [0.4, 0.5) is 0 Å². The summed E-state index contributed by atoms with van der Waals surface area (Å²) in [6, 6.07) is 5.02. The van der Waals surface area contributed by atoms with Gasteiger partial charge in [-0.25, -0.2) is 0 Å². The Labute approximate surface area is 139 Å². The van der Waals surface area contributed by atoms with Crippen LogP contribution in [0.3, 0.4) is 0 Å². The number of nitrogens with zero attached hydrogens (tertiary/aromatic N) is 1. The standard InChI is InChI=1S/C15H17Cl2NO4/c1-21-8-7-18(10-15(20)22-2)14(19)6-4-11-3-5-12(16)13(17)9-11/h3-6,9H,7-8,10H2,1-2H3/b6-4+. The van der Waals surface area contributed by atoms with E-state index in [2.05, 4.69) is 4.74 Å². The number of methoxy groups -OCH3 is 2. The number of ether oxygens (including phenoxy) is 2. The SMILES string of the molecule is COCCN(CC(=O)OC)C(=O)/C=C/c1ccc(Cl)c(Cl)c1. The number of rotatable bonds is 7. The maximum Gasteiger partial charge on any atom is 0.325 e. The quantitative estimate of drug-likeness (QED) is 0.563. The Bertz CT molecular complexity index is 560. The van der Waals surface area contributed by atoms with Crippen molar-refractivity contribution in [2.24, 2.45) is 0 Å². The maximum atomic E-state index is 12.1. The van der Waals surface area contributed by atoms with Gasteiger partial charge in [-0.2, -0.15) is 0 Å². The number of esters is 1. The van der Waals surface area contributed by atoms with Gasteiger partial charge in [-0.3, -0.25) is 9.59 Å². The van der Waals surface area contributed by atoms with Crippen molar-refractivity contribution in [2.75, 3.05) is 33.9 Å². The number of halogens is 2. The lowest BCUT2D eigenvalue weighted by Gasteiger charge is -2.19. The second kappa shape index (κ2) is 9.46. The summed E-state index contributed by atoms with van der Waals surface area (Å²) in [7, 11) is 2.79. The minimum absolute atomic E-state index is 0.135. The highest BCUT2D eigenvalue weighted by atomic mass is 35.5. The molecule has 0 aliphatic carbocycles. The molecule has 0 aliphatic heterocycles. The lowest BCUT2D eigenvalue weighted by atomic mass is 10.2. The fraction of sp³-hybridized carbons (Fsp3) is 0.333. The Balaban J connectivity index is 2.77. The van der Waals surface area contributed by atoms with Crippen molar-refractivity contribution in [3.63, 3.8) is 0 Å². The molecule has 1 rings (SSSR count). The molecule has 7 heteroatoms. The fourth-order valence-corrected chi connectivity index (χ4v) is 1.88. The smallest absolute Gasteiger partial charge is 0.325 e. The van der Waals surface area contributed by atoms with Gasteiger partial charge in [0, 0.05) is 19.7 Å². The van der Waals surface area contributed by atoms with Gasteiger partial charge >= 0.3 is 5.97 Å². The van der Waals surface area contributed by atoms with Crippen molar-refractivity contribution in [1.29, 1.82) is 0 Å². The van der Waals surface area contributed by atoms with Crippen molar-refractivity contribution in [1.82, 2.24) is 4.90 Å². The van der Waals surface area contributed by atoms with E-state index < -0.39 is 5.97 Å². The molecule has 0 N–H and O–H groups in total. The zero-order chi connectivity index (χ0) is 16.5. The van der Waals surface area contributed by atoms with E-state index in [-0.39, 0.29) is 19.0 Å². The summed E-state index contributed by atoms with van der Waals surface area (Å²) in [5, 5.41) is 0.847. The highest BCUT2D eigenvalue weighted by Gasteiger charge is 2.15. The highest BCUT2D eigenvalue weighted by molar-refractivity contribution is 6.42. The Morgan fingerprint density at radius 2 is 1.95 bits per heavy atom. The number of carbonyl (C=O) groups is 2. The summed E-state index contributed by atoms with van der Waals surface area (Å²) in [5.41, 5.74) is 0.729. The topological polar surface area (TPSA) is 55.8 Å². The number of amides is 1. The largest absolute Gasteiger partial charge is 0.468 e. The van der Waals surface area contributed by atoms with Crippen LogP contribution in [0.15, 0.2) is 24.3 Å². The van der Waals surface area contributed by atoms with Crippen molar-refractivity contribution in [2.45, 2.75) is 0 Å². The van der Waals surface area contributed by atoms with Crippen LogP contribution in [0, 0.1) is 0 Å². The van der Waals surface area contributed by atoms with Gasteiger partial charge in [0.25, 0.3) is 0 Å². The lowest BCUT2D eigenvalue weighted by Crippen LogP contribution is -2.37. The van der Waals surface area contributed by atoms with Crippen LogP contribution in [0.25, 0.3) is 6.08 Å². The maximum absolute atomic E-state index is 12.1. The van der Waals surface area contributed by atoms with E-state index in [9.17, 15) is 9.59 Å². The van der Waals surface area contributed by atoms with E-state index in [1.807, 2.05) is 0 Å². The van der Waals surface area contributed by atoms with E-state index in [1.165, 1.54) is 25.2 Å². The Hall–Kier alpha value is -1.56. The van der Waals surface area contributed by atoms with Gasteiger partial charge in [0.15, 0.2) is 0 Å². The van der Waals surface area contributed by atoms with E-state index in [4.69, 9.17) is 27.9 Å². The first-order chi connectivity index (χ1) is 10.5. The third-order valence-electron chi connectivity index (χ3n) is 2.79. The van der Waals surface area contributed by atoms with Crippen LogP contribution in [-0.2, 0) is 19.1 Å². The Morgan fingerprint density at radius 3 is 2.55 bits per heavy atom. The van der Waals surface area contributed by atoms with E-state index in [1.54, 1.807) is 24.3 Å². The number of hydrogen-bond donors (Lipinski definition) is 0. The number of benzene rings is 1. The van der Waals surface area contributed by atoms with Crippen molar-refractivity contribution >= 4 is 41.2 Å². The predicted molar refractivity (Wildman–Crippen MR) is 86.0 cm³/mol. The average molecular weight is 346 g/mol. The average Bonchev–Trinajstić information content (AvgIpc) is 2.51. The molecule has 0 saturated carbocycles. The zero-order valence-corrected chi connectivity index (χ0v) is 13.9. The first kappa shape index (κ1) is 18.5. The summed E-state index contributed by atoms with van der Waals surface area (Å²) in [4.78, 5) is 24.8.